The largest absolute Gasteiger partial charge is 0.332 e. The van der Waals surface area contributed by atoms with Gasteiger partial charge in [0.05, 0.1) is 12.0 Å². The van der Waals surface area contributed by atoms with Crippen molar-refractivity contribution in [2.24, 2.45) is 0 Å². The molecule has 4 heteroatoms. The molecule has 2 unspecified atom stereocenters. The maximum atomic E-state index is 4.47. The van der Waals surface area contributed by atoms with E-state index in [2.05, 4.69) is 52.3 Å². The third-order valence-corrected chi connectivity index (χ3v) is 6.78. The standard InChI is InChI=1S/C17H29N3S/c1-14-7-6-8-15(19-14)16-11-18-13-20(16)12-17(21-2)9-4-3-5-10-17/h11,13-15,19H,3-10,12H2,1-2H3. The number of thioether (sulfide) groups is 1. The van der Waals surface area contributed by atoms with Crippen molar-refractivity contribution >= 4 is 11.8 Å². The Hall–Kier alpha value is -0.480. The number of hydrogen-bond acceptors (Lipinski definition) is 3. The molecule has 1 saturated carbocycles. The summed E-state index contributed by atoms with van der Waals surface area (Å²) in [5.74, 6) is 0. The van der Waals surface area contributed by atoms with Crippen LogP contribution in [-0.2, 0) is 6.54 Å². The minimum absolute atomic E-state index is 0.438. The summed E-state index contributed by atoms with van der Waals surface area (Å²) in [6.45, 7) is 3.44. The lowest BCUT2D eigenvalue weighted by atomic mass is 9.88. The minimum atomic E-state index is 0.438. The molecule has 1 saturated heterocycles. The normalized spacial score (nSPS) is 29.4. The Balaban J connectivity index is 1.75. The van der Waals surface area contributed by atoms with Gasteiger partial charge in [-0.05, 0) is 45.3 Å². The van der Waals surface area contributed by atoms with E-state index in [0.717, 1.165) is 6.54 Å². The predicted molar refractivity (Wildman–Crippen MR) is 90.7 cm³/mol. The van der Waals surface area contributed by atoms with Crippen molar-refractivity contribution in [2.75, 3.05) is 6.26 Å². The van der Waals surface area contributed by atoms with Gasteiger partial charge in [-0.15, -0.1) is 0 Å². The fraction of sp³-hybridized carbons (Fsp3) is 0.824. The van der Waals surface area contributed by atoms with Gasteiger partial charge in [0.15, 0.2) is 0 Å². The van der Waals surface area contributed by atoms with Gasteiger partial charge in [0, 0.05) is 29.6 Å². The van der Waals surface area contributed by atoms with Crippen molar-refractivity contribution in [2.45, 2.75) is 81.7 Å². The van der Waals surface area contributed by atoms with Gasteiger partial charge in [-0.2, -0.15) is 11.8 Å². The lowest BCUT2D eigenvalue weighted by Crippen LogP contribution is -2.38. The van der Waals surface area contributed by atoms with Gasteiger partial charge < -0.3 is 9.88 Å². The Morgan fingerprint density at radius 3 is 2.81 bits per heavy atom. The molecule has 1 aliphatic heterocycles. The van der Waals surface area contributed by atoms with Gasteiger partial charge in [-0.3, -0.25) is 0 Å². The molecule has 1 aromatic heterocycles. The van der Waals surface area contributed by atoms with Crippen molar-refractivity contribution in [3.8, 4) is 0 Å². The summed E-state index contributed by atoms with van der Waals surface area (Å²) in [6.07, 6.45) is 17.3. The second-order valence-electron chi connectivity index (χ2n) is 6.95. The summed E-state index contributed by atoms with van der Waals surface area (Å²) in [6, 6.07) is 1.13. The molecule has 1 N–H and O–H groups in total. The molecule has 0 amide bonds. The molecule has 1 aromatic rings. The lowest BCUT2D eigenvalue weighted by molar-refractivity contribution is 0.314. The van der Waals surface area contributed by atoms with E-state index in [1.54, 1.807) is 0 Å². The van der Waals surface area contributed by atoms with E-state index in [4.69, 9.17) is 0 Å². The Kier molecular flexibility index (Phi) is 4.95. The van der Waals surface area contributed by atoms with Gasteiger partial charge in [0.25, 0.3) is 0 Å². The second kappa shape index (κ2) is 6.74. The fourth-order valence-electron chi connectivity index (χ4n) is 4.06. The summed E-state index contributed by atoms with van der Waals surface area (Å²) >= 11 is 2.08. The van der Waals surface area contributed by atoms with E-state index in [-0.39, 0.29) is 0 Å². The molecule has 0 radical (unpaired) electrons. The molecule has 2 heterocycles. The van der Waals surface area contributed by atoms with Gasteiger partial charge in [0.1, 0.15) is 0 Å². The average Bonchev–Trinajstić information content (AvgIpc) is 2.96. The molecule has 2 fully saturated rings. The molecule has 21 heavy (non-hydrogen) atoms. The molecular weight excluding hydrogens is 278 g/mol. The molecule has 0 aromatic carbocycles. The maximum Gasteiger partial charge on any atom is 0.0949 e. The number of rotatable bonds is 4. The van der Waals surface area contributed by atoms with Crippen LogP contribution >= 0.6 is 11.8 Å². The smallest absolute Gasteiger partial charge is 0.0949 e. The van der Waals surface area contributed by atoms with E-state index in [0.29, 0.717) is 16.8 Å². The van der Waals surface area contributed by atoms with Gasteiger partial charge in [0.2, 0.25) is 0 Å². The third-order valence-electron chi connectivity index (χ3n) is 5.37. The summed E-state index contributed by atoms with van der Waals surface area (Å²) in [4.78, 5) is 4.47. The lowest BCUT2D eigenvalue weighted by Gasteiger charge is -2.37. The number of hydrogen-bond donors (Lipinski definition) is 1. The zero-order valence-electron chi connectivity index (χ0n) is 13.5. The van der Waals surface area contributed by atoms with Crippen LogP contribution in [0.25, 0.3) is 0 Å². The Labute approximate surface area is 133 Å². The minimum Gasteiger partial charge on any atom is -0.332 e. The SMILES string of the molecule is CSC1(Cn2cncc2C2CCCC(C)N2)CCCCC1. The molecule has 2 aliphatic rings. The number of imidazole rings is 1. The second-order valence-corrected chi connectivity index (χ2v) is 8.22. The Morgan fingerprint density at radius 2 is 2.10 bits per heavy atom. The van der Waals surface area contributed by atoms with E-state index >= 15 is 0 Å². The van der Waals surface area contributed by atoms with Gasteiger partial charge in [-0.1, -0.05) is 19.3 Å². The summed E-state index contributed by atoms with van der Waals surface area (Å²) in [5, 5.41) is 3.76. The van der Waals surface area contributed by atoms with Crippen LogP contribution < -0.4 is 5.32 Å². The first-order valence-electron chi connectivity index (χ1n) is 8.54. The van der Waals surface area contributed by atoms with Crippen LogP contribution in [0, 0.1) is 0 Å². The average molecular weight is 308 g/mol. The number of nitrogens with one attached hydrogen (secondary N) is 1. The van der Waals surface area contributed by atoms with E-state index in [9.17, 15) is 0 Å². The summed E-state index contributed by atoms with van der Waals surface area (Å²) < 4.78 is 2.88. The molecule has 0 spiro atoms. The maximum absolute atomic E-state index is 4.47. The molecule has 2 atom stereocenters. The van der Waals surface area contributed by atoms with Crippen LogP contribution in [0.15, 0.2) is 12.5 Å². The highest BCUT2D eigenvalue weighted by molar-refractivity contribution is 8.00. The van der Waals surface area contributed by atoms with E-state index < -0.39 is 0 Å². The van der Waals surface area contributed by atoms with Crippen molar-refractivity contribution in [3.63, 3.8) is 0 Å². The van der Waals surface area contributed by atoms with E-state index in [1.165, 1.54) is 57.1 Å². The van der Waals surface area contributed by atoms with Crippen molar-refractivity contribution < 1.29 is 0 Å². The monoisotopic (exact) mass is 307 g/mol. The van der Waals surface area contributed by atoms with Crippen molar-refractivity contribution in [1.29, 1.82) is 0 Å². The van der Waals surface area contributed by atoms with Crippen LogP contribution in [0.1, 0.15) is 70.0 Å². The number of nitrogens with zero attached hydrogens (tertiary/aromatic N) is 2. The zero-order chi connectivity index (χ0) is 14.7. The molecular formula is C17H29N3S. The molecule has 1 aliphatic carbocycles. The Morgan fingerprint density at radius 1 is 1.29 bits per heavy atom. The fourth-order valence-corrected chi connectivity index (χ4v) is 5.02. The first-order chi connectivity index (χ1) is 10.2. The molecule has 3 nitrogen and oxygen atoms in total. The highest BCUT2D eigenvalue weighted by Gasteiger charge is 2.33. The highest BCUT2D eigenvalue weighted by atomic mass is 32.2. The van der Waals surface area contributed by atoms with E-state index in [1.807, 2.05) is 0 Å². The zero-order valence-corrected chi connectivity index (χ0v) is 14.3. The van der Waals surface area contributed by atoms with Gasteiger partial charge >= 0.3 is 0 Å². The quantitative estimate of drug-likeness (QED) is 0.906. The van der Waals surface area contributed by atoms with Crippen LogP contribution in [0.2, 0.25) is 0 Å². The molecule has 3 rings (SSSR count). The Bertz CT molecular complexity index is 451. The van der Waals surface area contributed by atoms with Crippen LogP contribution in [-0.4, -0.2) is 26.6 Å². The highest BCUT2D eigenvalue weighted by Crippen LogP contribution is 2.40. The van der Waals surface area contributed by atoms with Crippen molar-refractivity contribution in [3.05, 3.63) is 18.2 Å². The topological polar surface area (TPSA) is 29.9 Å². The van der Waals surface area contributed by atoms with Crippen LogP contribution in [0.4, 0.5) is 0 Å². The number of aromatic nitrogens is 2. The molecule has 118 valence electrons. The first kappa shape index (κ1) is 15.4. The molecule has 0 bridgehead atoms. The van der Waals surface area contributed by atoms with Crippen LogP contribution in [0.3, 0.4) is 0 Å². The number of piperidine rings is 1. The first-order valence-corrected chi connectivity index (χ1v) is 9.76. The van der Waals surface area contributed by atoms with Crippen molar-refractivity contribution in [1.82, 2.24) is 14.9 Å². The summed E-state index contributed by atoms with van der Waals surface area (Å²) in [7, 11) is 0. The summed E-state index contributed by atoms with van der Waals surface area (Å²) in [5.41, 5.74) is 1.40. The third kappa shape index (κ3) is 3.48. The van der Waals surface area contributed by atoms with Gasteiger partial charge in [-0.25, -0.2) is 4.98 Å². The van der Waals surface area contributed by atoms with Crippen LogP contribution in [0.5, 0.6) is 0 Å². The predicted octanol–water partition coefficient (Wildman–Crippen LogP) is 4.15.